The normalized spacial score (nSPS) is 15.6. The van der Waals surface area contributed by atoms with Crippen molar-refractivity contribution in [1.29, 1.82) is 0 Å². The predicted octanol–water partition coefficient (Wildman–Crippen LogP) is 1.86. The first-order valence-corrected chi connectivity index (χ1v) is 7.35. The van der Waals surface area contributed by atoms with Gasteiger partial charge in [0.25, 0.3) is 0 Å². The number of fused-ring (bicyclic) bond motifs is 1. The molecule has 2 heterocycles. The summed E-state index contributed by atoms with van der Waals surface area (Å²) < 4.78 is 0. The van der Waals surface area contributed by atoms with Crippen LogP contribution in [0.4, 0.5) is 11.8 Å². The van der Waals surface area contributed by atoms with Crippen molar-refractivity contribution >= 4 is 22.7 Å². The average Bonchev–Trinajstić information content (AvgIpc) is 2.53. The zero-order valence-corrected chi connectivity index (χ0v) is 11.9. The van der Waals surface area contributed by atoms with Gasteiger partial charge in [0, 0.05) is 38.1 Å². The van der Waals surface area contributed by atoms with E-state index < -0.39 is 0 Å². The number of anilines is 2. The van der Waals surface area contributed by atoms with Crippen LogP contribution in [0.1, 0.15) is 13.3 Å². The average molecular weight is 271 g/mol. The molecule has 0 spiro atoms. The second-order valence-corrected chi connectivity index (χ2v) is 5.05. The summed E-state index contributed by atoms with van der Waals surface area (Å²) in [6, 6.07) is 8.24. The van der Waals surface area contributed by atoms with Crippen LogP contribution < -0.4 is 15.5 Å². The summed E-state index contributed by atoms with van der Waals surface area (Å²) >= 11 is 0. The Bertz CT molecular complexity index is 577. The standard InChI is InChI=1S/C15H21N5/c1-2-7-17-15-18-13-6-4-3-5-12(13)14(19-15)20-10-8-16-9-11-20/h3-6,16H,2,7-11H2,1H3,(H,17,18,19). The summed E-state index contributed by atoms with van der Waals surface area (Å²) in [7, 11) is 0. The Balaban J connectivity index is 2.02. The van der Waals surface area contributed by atoms with Crippen molar-refractivity contribution in [3.8, 4) is 0 Å². The van der Waals surface area contributed by atoms with Crippen molar-refractivity contribution in [2.75, 3.05) is 42.9 Å². The van der Waals surface area contributed by atoms with Crippen molar-refractivity contribution in [1.82, 2.24) is 15.3 Å². The molecule has 0 saturated carbocycles. The maximum Gasteiger partial charge on any atom is 0.225 e. The molecule has 1 aliphatic rings. The van der Waals surface area contributed by atoms with E-state index in [1.807, 2.05) is 6.07 Å². The molecule has 106 valence electrons. The summed E-state index contributed by atoms with van der Waals surface area (Å²) in [5.74, 6) is 1.79. The molecule has 2 N–H and O–H groups in total. The fourth-order valence-corrected chi connectivity index (χ4v) is 2.49. The van der Waals surface area contributed by atoms with E-state index in [1.54, 1.807) is 0 Å². The topological polar surface area (TPSA) is 53.1 Å². The number of aromatic nitrogens is 2. The first kappa shape index (κ1) is 13.1. The minimum absolute atomic E-state index is 0.735. The van der Waals surface area contributed by atoms with Crippen LogP contribution in [-0.4, -0.2) is 42.7 Å². The van der Waals surface area contributed by atoms with E-state index in [0.717, 1.165) is 61.8 Å². The number of nitrogens with one attached hydrogen (secondary N) is 2. The molecule has 0 amide bonds. The van der Waals surface area contributed by atoms with Gasteiger partial charge < -0.3 is 15.5 Å². The monoisotopic (exact) mass is 271 g/mol. The van der Waals surface area contributed by atoms with Gasteiger partial charge in [-0.05, 0) is 18.6 Å². The van der Waals surface area contributed by atoms with E-state index in [2.05, 4.69) is 45.6 Å². The zero-order valence-electron chi connectivity index (χ0n) is 11.9. The maximum atomic E-state index is 4.74. The van der Waals surface area contributed by atoms with Gasteiger partial charge in [-0.3, -0.25) is 0 Å². The summed E-state index contributed by atoms with van der Waals surface area (Å²) in [4.78, 5) is 11.7. The van der Waals surface area contributed by atoms with Gasteiger partial charge in [0.15, 0.2) is 0 Å². The molecule has 5 nitrogen and oxygen atoms in total. The number of para-hydroxylation sites is 1. The lowest BCUT2D eigenvalue weighted by atomic mass is 10.2. The van der Waals surface area contributed by atoms with Crippen molar-refractivity contribution in [3.63, 3.8) is 0 Å². The summed E-state index contributed by atoms with van der Waals surface area (Å²) in [5.41, 5.74) is 1.01. The molecule has 0 radical (unpaired) electrons. The van der Waals surface area contributed by atoms with E-state index in [0.29, 0.717) is 0 Å². The number of hydrogen-bond donors (Lipinski definition) is 2. The van der Waals surface area contributed by atoms with Gasteiger partial charge in [-0.25, -0.2) is 4.98 Å². The lowest BCUT2D eigenvalue weighted by molar-refractivity contribution is 0.586. The first-order valence-electron chi connectivity index (χ1n) is 7.35. The predicted molar refractivity (Wildman–Crippen MR) is 83.4 cm³/mol. The molecule has 2 aromatic rings. The number of hydrogen-bond acceptors (Lipinski definition) is 5. The molecule has 3 rings (SSSR count). The highest BCUT2D eigenvalue weighted by Crippen LogP contribution is 2.25. The minimum Gasteiger partial charge on any atom is -0.354 e. The lowest BCUT2D eigenvalue weighted by Gasteiger charge is -2.29. The van der Waals surface area contributed by atoms with E-state index in [1.165, 1.54) is 0 Å². The summed E-state index contributed by atoms with van der Waals surface area (Å²) in [6.07, 6.45) is 1.07. The highest BCUT2D eigenvalue weighted by molar-refractivity contribution is 5.90. The second-order valence-electron chi connectivity index (χ2n) is 5.05. The van der Waals surface area contributed by atoms with Crippen LogP contribution in [0, 0.1) is 0 Å². The van der Waals surface area contributed by atoms with Crippen molar-refractivity contribution in [2.45, 2.75) is 13.3 Å². The Kier molecular flexibility index (Phi) is 3.97. The maximum absolute atomic E-state index is 4.74. The van der Waals surface area contributed by atoms with Crippen molar-refractivity contribution < 1.29 is 0 Å². The third-order valence-corrected chi connectivity index (χ3v) is 3.53. The molecular weight excluding hydrogens is 250 g/mol. The number of piperazine rings is 1. The molecule has 1 saturated heterocycles. The molecule has 0 bridgehead atoms. The molecule has 0 aliphatic carbocycles. The van der Waals surface area contributed by atoms with Gasteiger partial charge in [0.2, 0.25) is 5.95 Å². The number of benzene rings is 1. The Hall–Kier alpha value is -1.88. The Labute approximate surface area is 119 Å². The minimum atomic E-state index is 0.735. The fourth-order valence-electron chi connectivity index (χ4n) is 2.49. The molecule has 1 aromatic heterocycles. The highest BCUT2D eigenvalue weighted by Gasteiger charge is 2.16. The van der Waals surface area contributed by atoms with Crippen LogP contribution in [0.5, 0.6) is 0 Å². The fraction of sp³-hybridized carbons (Fsp3) is 0.467. The third kappa shape index (κ3) is 2.67. The van der Waals surface area contributed by atoms with Gasteiger partial charge in [0.05, 0.1) is 5.52 Å². The molecular formula is C15H21N5. The third-order valence-electron chi connectivity index (χ3n) is 3.53. The first-order chi connectivity index (χ1) is 9.88. The molecule has 5 heteroatoms. The van der Waals surface area contributed by atoms with Crippen LogP contribution >= 0.6 is 0 Å². The van der Waals surface area contributed by atoms with Crippen LogP contribution in [0.25, 0.3) is 10.9 Å². The van der Waals surface area contributed by atoms with Crippen LogP contribution in [0.2, 0.25) is 0 Å². The molecule has 1 aliphatic heterocycles. The zero-order chi connectivity index (χ0) is 13.8. The second kappa shape index (κ2) is 6.05. The van der Waals surface area contributed by atoms with E-state index in [4.69, 9.17) is 4.98 Å². The summed E-state index contributed by atoms with van der Waals surface area (Å²) in [5, 5.41) is 7.82. The summed E-state index contributed by atoms with van der Waals surface area (Å²) in [6.45, 7) is 7.05. The molecule has 0 atom stereocenters. The highest BCUT2D eigenvalue weighted by atomic mass is 15.3. The van der Waals surface area contributed by atoms with E-state index in [9.17, 15) is 0 Å². The quantitative estimate of drug-likeness (QED) is 0.889. The van der Waals surface area contributed by atoms with Gasteiger partial charge >= 0.3 is 0 Å². The van der Waals surface area contributed by atoms with Crippen LogP contribution in [-0.2, 0) is 0 Å². The van der Waals surface area contributed by atoms with Gasteiger partial charge in [-0.1, -0.05) is 19.1 Å². The molecule has 1 aromatic carbocycles. The van der Waals surface area contributed by atoms with Crippen LogP contribution in [0.15, 0.2) is 24.3 Å². The van der Waals surface area contributed by atoms with Crippen LogP contribution in [0.3, 0.4) is 0 Å². The van der Waals surface area contributed by atoms with E-state index in [-0.39, 0.29) is 0 Å². The lowest BCUT2D eigenvalue weighted by Crippen LogP contribution is -2.44. The largest absolute Gasteiger partial charge is 0.354 e. The number of nitrogens with zero attached hydrogens (tertiary/aromatic N) is 3. The Morgan fingerprint density at radius 3 is 2.80 bits per heavy atom. The van der Waals surface area contributed by atoms with Crippen molar-refractivity contribution in [3.05, 3.63) is 24.3 Å². The molecule has 20 heavy (non-hydrogen) atoms. The molecule has 1 fully saturated rings. The van der Waals surface area contributed by atoms with Gasteiger partial charge in [-0.15, -0.1) is 0 Å². The Morgan fingerprint density at radius 2 is 2.00 bits per heavy atom. The van der Waals surface area contributed by atoms with Gasteiger partial charge in [0.1, 0.15) is 5.82 Å². The smallest absolute Gasteiger partial charge is 0.225 e. The SMILES string of the molecule is CCCNc1nc(N2CCNCC2)c2ccccc2n1. The Morgan fingerprint density at radius 1 is 1.20 bits per heavy atom. The number of rotatable bonds is 4. The van der Waals surface area contributed by atoms with Gasteiger partial charge in [-0.2, -0.15) is 4.98 Å². The van der Waals surface area contributed by atoms with Crippen molar-refractivity contribution in [2.24, 2.45) is 0 Å². The molecule has 0 unspecified atom stereocenters. The van der Waals surface area contributed by atoms with E-state index >= 15 is 0 Å².